The third-order valence-corrected chi connectivity index (χ3v) is 5.44. The van der Waals surface area contributed by atoms with Crippen LogP contribution in [0.2, 0.25) is 0 Å². The number of hydrogen-bond donors (Lipinski definition) is 2. The van der Waals surface area contributed by atoms with Crippen LogP contribution in [0.15, 0.2) is 12.1 Å². The van der Waals surface area contributed by atoms with Gasteiger partial charge in [0, 0.05) is 34.8 Å². The molecule has 5 nitrogen and oxygen atoms in total. The maximum atomic E-state index is 12.5. The highest BCUT2D eigenvalue weighted by atomic mass is 32.1. The van der Waals surface area contributed by atoms with Gasteiger partial charge in [0.1, 0.15) is 6.04 Å². The Hall–Kier alpha value is -1.56. The van der Waals surface area contributed by atoms with E-state index >= 15 is 0 Å². The van der Waals surface area contributed by atoms with E-state index in [9.17, 15) is 9.59 Å². The zero-order chi connectivity index (χ0) is 16.4. The molecule has 1 saturated heterocycles. The Morgan fingerprint density at radius 1 is 1.35 bits per heavy atom. The molecule has 3 rings (SSSR count). The maximum Gasteiger partial charge on any atom is 0.318 e. The Morgan fingerprint density at radius 2 is 2.13 bits per heavy atom. The van der Waals surface area contributed by atoms with Gasteiger partial charge in [0.05, 0.1) is 0 Å². The minimum absolute atomic E-state index is 0.0154. The van der Waals surface area contributed by atoms with Crippen LogP contribution < -0.4 is 10.6 Å². The first-order valence-corrected chi connectivity index (χ1v) is 9.27. The van der Waals surface area contributed by atoms with Crippen LogP contribution in [0, 0.1) is 6.92 Å². The van der Waals surface area contributed by atoms with Crippen molar-refractivity contribution in [3.8, 4) is 0 Å². The van der Waals surface area contributed by atoms with Crippen LogP contribution in [-0.2, 0) is 11.2 Å². The van der Waals surface area contributed by atoms with Crippen LogP contribution in [0.25, 0.3) is 0 Å². The topological polar surface area (TPSA) is 61.4 Å². The van der Waals surface area contributed by atoms with Crippen LogP contribution in [0.3, 0.4) is 0 Å². The van der Waals surface area contributed by atoms with Gasteiger partial charge in [-0.2, -0.15) is 0 Å². The molecule has 1 aromatic heterocycles. The summed E-state index contributed by atoms with van der Waals surface area (Å²) in [6.45, 7) is 4.77. The van der Waals surface area contributed by atoms with E-state index in [4.69, 9.17) is 0 Å². The Kier molecular flexibility index (Phi) is 4.90. The van der Waals surface area contributed by atoms with E-state index in [1.54, 1.807) is 16.2 Å². The lowest BCUT2D eigenvalue weighted by Crippen LogP contribution is -2.51. The fourth-order valence-corrected chi connectivity index (χ4v) is 4.07. The molecular formula is C17H25N3O2S. The number of rotatable bonds is 5. The molecule has 1 aliphatic heterocycles. The number of carbonyl (C=O) groups is 2. The maximum absolute atomic E-state index is 12.5. The summed E-state index contributed by atoms with van der Waals surface area (Å²) in [7, 11) is 0. The molecule has 1 aromatic rings. The molecule has 0 spiro atoms. The normalized spacial score (nSPS) is 22.0. The number of carbonyl (C=O) groups excluding carboxylic acids is 2. The first-order valence-electron chi connectivity index (χ1n) is 8.46. The van der Waals surface area contributed by atoms with Gasteiger partial charge in [0.2, 0.25) is 5.91 Å². The molecule has 0 aromatic carbocycles. The Balaban J connectivity index is 1.52. The van der Waals surface area contributed by atoms with Gasteiger partial charge in [-0.05, 0) is 51.7 Å². The van der Waals surface area contributed by atoms with Crippen molar-refractivity contribution in [3.05, 3.63) is 21.9 Å². The second kappa shape index (κ2) is 6.91. The summed E-state index contributed by atoms with van der Waals surface area (Å²) in [4.78, 5) is 29.0. The number of hydrogen-bond acceptors (Lipinski definition) is 3. The molecule has 126 valence electrons. The Morgan fingerprint density at radius 3 is 2.78 bits per heavy atom. The quantitative estimate of drug-likeness (QED) is 0.868. The van der Waals surface area contributed by atoms with Crippen LogP contribution >= 0.6 is 11.3 Å². The number of nitrogens with zero attached hydrogens (tertiary/aromatic N) is 1. The van der Waals surface area contributed by atoms with Crippen molar-refractivity contribution in [2.75, 3.05) is 6.54 Å². The fourth-order valence-electron chi connectivity index (χ4n) is 3.05. The number of likely N-dealkylation sites (tertiary alicyclic amines) is 1. The Labute approximate surface area is 141 Å². The third-order valence-electron chi connectivity index (χ3n) is 4.41. The summed E-state index contributed by atoms with van der Waals surface area (Å²) in [5.41, 5.74) is 0. The third kappa shape index (κ3) is 4.25. The van der Waals surface area contributed by atoms with Gasteiger partial charge in [0.15, 0.2) is 0 Å². The largest absolute Gasteiger partial charge is 0.352 e. The summed E-state index contributed by atoms with van der Waals surface area (Å²) in [6, 6.07) is 4.21. The molecule has 1 aliphatic carbocycles. The van der Waals surface area contributed by atoms with Crippen LogP contribution in [0.5, 0.6) is 0 Å². The minimum atomic E-state index is -0.299. The number of urea groups is 1. The molecule has 0 radical (unpaired) electrons. The van der Waals surface area contributed by atoms with Crippen LogP contribution in [-0.4, -0.2) is 41.5 Å². The first-order chi connectivity index (χ1) is 11.0. The zero-order valence-corrected chi connectivity index (χ0v) is 14.6. The molecule has 23 heavy (non-hydrogen) atoms. The van der Waals surface area contributed by atoms with E-state index in [0.717, 1.165) is 32.1 Å². The van der Waals surface area contributed by atoms with Crippen molar-refractivity contribution in [2.24, 2.45) is 0 Å². The molecule has 2 N–H and O–H groups in total. The average molecular weight is 335 g/mol. The molecule has 2 atom stereocenters. The molecule has 3 amide bonds. The van der Waals surface area contributed by atoms with Crippen LogP contribution in [0.1, 0.15) is 42.4 Å². The first kappa shape index (κ1) is 16.3. The molecule has 2 fully saturated rings. The highest BCUT2D eigenvalue weighted by Crippen LogP contribution is 2.22. The van der Waals surface area contributed by atoms with Crippen molar-refractivity contribution in [1.82, 2.24) is 15.5 Å². The van der Waals surface area contributed by atoms with Gasteiger partial charge in [-0.1, -0.05) is 0 Å². The predicted molar refractivity (Wildman–Crippen MR) is 91.6 cm³/mol. The molecule has 1 saturated carbocycles. The van der Waals surface area contributed by atoms with E-state index < -0.39 is 0 Å². The molecule has 0 bridgehead atoms. The monoisotopic (exact) mass is 335 g/mol. The smallest absolute Gasteiger partial charge is 0.318 e. The van der Waals surface area contributed by atoms with E-state index in [-0.39, 0.29) is 24.0 Å². The van der Waals surface area contributed by atoms with E-state index in [0.29, 0.717) is 12.6 Å². The average Bonchev–Trinajstić information content (AvgIpc) is 3.00. The molecule has 6 heteroatoms. The van der Waals surface area contributed by atoms with Gasteiger partial charge in [-0.15, -0.1) is 11.3 Å². The van der Waals surface area contributed by atoms with Crippen molar-refractivity contribution in [1.29, 1.82) is 0 Å². The summed E-state index contributed by atoms with van der Waals surface area (Å²) in [5, 5.41) is 6.06. The van der Waals surface area contributed by atoms with E-state index in [1.165, 1.54) is 9.75 Å². The van der Waals surface area contributed by atoms with Gasteiger partial charge in [-0.3, -0.25) is 4.79 Å². The van der Waals surface area contributed by atoms with Crippen molar-refractivity contribution < 1.29 is 9.59 Å². The Bertz CT molecular complexity index is 582. The summed E-state index contributed by atoms with van der Waals surface area (Å²) < 4.78 is 0. The standard InChI is InChI=1S/C17H25N3O2S/c1-11(10-14-8-5-12(2)23-14)18-17(22)20-9-3-4-15(20)16(21)19-13-6-7-13/h5,8,11,13,15H,3-4,6-7,9-10H2,1-2H3,(H,18,22)(H,19,21)/t11-,15-/m0/s1. The van der Waals surface area contributed by atoms with Gasteiger partial charge in [0.25, 0.3) is 0 Å². The number of nitrogens with one attached hydrogen (secondary N) is 2. The highest BCUT2D eigenvalue weighted by molar-refractivity contribution is 7.11. The molecule has 2 aliphatic rings. The lowest BCUT2D eigenvalue weighted by atomic mass is 10.2. The van der Waals surface area contributed by atoms with Crippen molar-refractivity contribution in [2.45, 2.75) is 64.1 Å². The molecular weight excluding hydrogens is 310 g/mol. The predicted octanol–water partition coefficient (Wildman–Crippen LogP) is 2.44. The van der Waals surface area contributed by atoms with Crippen LogP contribution in [0.4, 0.5) is 4.79 Å². The summed E-state index contributed by atoms with van der Waals surface area (Å²) in [6.07, 6.45) is 4.64. The second-order valence-corrected chi connectivity index (χ2v) is 8.07. The minimum Gasteiger partial charge on any atom is -0.352 e. The van der Waals surface area contributed by atoms with Gasteiger partial charge >= 0.3 is 6.03 Å². The SMILES string of the molecule is Cc1ccc(C[C@H](C)NC(=O)N2CCC[C@H]2C(=O)NC2CC2)s1. The number of thiophene rings is 1. The lowest BCUT2D eigenvalue weighted by Gasteiger charge is -2.26. The highest BCUT2D eigenvalue weighted by Gasteiger charge is 2.36. The van der Waals surface area contributed by atoms with E-state index in [2.05, 4.69) is 29.7 Å². The van der Waals surface area contributed by atoms with Crippen molar-refractivity contribution >= 4 is 23.3 Å². The summed E-state index contributed by atoms with van der Waals surface area (Å²) >= 11 is 1.77. The van der Waals surface area contributed by atoms with Crippen molar-refractivity contribution in [3.63, 3.8) is 0 Å². The zero-order valence-electron chi connectivity index (χ0n) is 13.8. The lowest BCUT2D eigenvalue weighted by molar-refractivity contribution is -0.124. The molecule has 2 heterocycles. The fraction of sp³-hybridized carbons (Fsp3) is 0.647. The molecule has 0 unspecified atom stereocenters. The number of amides is 3. The number of aryl methyl sites for hydroxylation is 1. The van der Waals surface area contributed by atoms with Gasteiger partial charge < -0.3 is 15.5 Å². The summed E-state index contributed by atoms with van der Waals surface area (Å²) in [5.74, 6) is 0.0154. The second-order valence-electron chi connectivity index (χ2n) is 6.70. The van der Waals surface area contributed by atoms with Gasteiger partial charge in [-0.25, -0.2) is 4.79 Å². The van der Waals surface area contributed by atoms with E-state index in [1.807, 2.05) is 6.92 Å².